The first kappa shape index (κ1) is 36.8. The lowest BCUT2D eigenvalue weighted by atomic mass is 9.90. The van der Waals surface area contributed by atoms with Crippen LogP contribution < -0.4 is 0 Å². The molecule has 0 aliphatic carbocycles. The highest BCUT2D eigenvalue weighted by atomic mass is 16.6. The number of rotatable bonds is 28. The molecule has 0 heterocycles. The van der Waals surface area contributed by atoms with Gasteiger partial charge in [-0.1, -0.05) is 72.1 Å². The van der Waals surface area contributed by atoms with Gasteiger partial charge in [-0.05, 0) is 52.9 Å². The SMILES string of the molecule is CCCCCCCCCCCC[N+](C)(C)CCCCOCC(C)(COCC(C)(CC)COCC)OCC. The van der Waals surface area contributed by atoms with Gasteiger partial charge in [-0.2, -0.15) is 0 Å². The summed E-state index contributed by atoms with van der Waals surface area (Å²) in [5, 5.41) is 0. The third kappa shape index (κ3) is 21.3. The van der Waals surface area contributed by atoms with E-state index in [9.17, 15) is 0 Å². The zero-order valence-electron chi connectivity index (χ0n) is 26.6. The molecule has 0 amide bonds. The molecule has 0 saturated heterocycles. The maximum atomic E-state index is 6.13. The van der Waals surface area contributed by atoms with Crippen molar-refractivity contribution in [1.82, 2.24) is 0 Å². The molecular weight excluding hydrogens is 462 g/mol. The van der Waals surface area contributed by atoms with Crippen LogP contribution in [0.25, 0.3) is 0 Å². The van der Waals surface area contributed by atoms with E-state index in [1.807, 2.05) is 13.8 Å². The lowest BCUT2D eigenvalue weighted by Crippen LogP contribution is -2.42. The van der Waals surface area contributed by atoms with Crippen molar-refractivity contribution in [3.8, 4) is 0 Å². The summed E-state index contributed by atoms with van der Waals surface area (Å²) in [6.45, 7) is 20.2. The van der Waals surface area contributed by atoms with E-state index in [2.05, 4.69) is 41.8 Å². The number of hydrogen-bond acceptors (Lipinski definition) is 4. The second-order valence-corrected chi connectivity index (χ2v) is 12.5. The molecule has 5 nitrogen and oxygen atoms in total. The number of ether oxygens (including phenoxy) is 4. The molecule has 0 fully saturated rings. The average Bonchev–Trinajstić information content (AvgIpc) is 2.86. The summed E-state index contributed by atoms with van der Waals surface area (Å²) < 4.78 is 25.0. The summed E-state index contributed by atoms with van der Waals surface area (Å²) in [6, 6.07) is 0. The Labute approximate surface area is 232 Å². The van der Waals surface area contributed by atoms with Gasteiger partial charge in [0, 0.05) is 25.2 Å². The lowest BCUT2D eigenvalue weighted by Gasteiger charge is -2.33. The van der Waals surface area contributed by atoms with E-state index in [1.54, 1.807) is 0 Å². The Morgan fingerprint density at radius 3 is 1.59 bits per heavy atom. The molecule has 5 heteroatoms. The van der Waals surface area contributed by atoms with Gasteiger partial charge in [-0.15, -0.1) is 0 Å². The van der Waals surface area contributed by atoms with Crippen LogP contribution in [0.15, 0.2) is 0 Å². The first-order valence-corrected chi connectivity index (χ1v) is 15.8. The van der Waals surface area contributed by atoms with Crippen molar-refractivity contribution in [2.75, 3.05) is 73.4 Å². The largest absolute Gasteiger partial charge is 0.381 e. The number of hydrogen-bond donors (Lipinski definition) is 0. The molecule has 2 unspecified atom stereocenters. The van der Waals surface area contributed by atoms with E-state index in [1.165, 1.54) is 83.7 Å². The molecule has 0 rings (SSSR count). The topological polar surface area (TPSA) is 36.9 Å². The number of unbranched alkanes of at least 4 members (excludes halogenated alkanes) is 10. The van der Waals surface area contributed by atoms with Crippen LogP contribution in [0, 0.1) is 5.41 Å². The summed E-state index contributed by atoms with van der Waals surface area (Å²) in [5.74, 6) is 0. The molecule has 0 aliphatic heterocycles. The van der Waals surface area contributed by atoms with Crippen LogP contribution in [0.3, 0.4) is 0 Å². The molecule has 0 aromatic heterocycles. The molecular formula is C32H68NO4+. The molecule has 0 aromatic carbocycles. The zero-order chi connectivity index (χ0) is 27.9. The molecule has 0 radical (unpaired) electrons. The number of quaternary nitrogens is 1. The van der Waals surface area contributed by atoms with Crippen molar-refractivity contribution in [1.29, 1.82) is 0 Å². The van der Waals surface area contributed by atoms with Gasteiger partial charge in [0.1, 0.15) is 5.60 Å². The van der Waals surface area contributed by atoms with Gasteiger partial charge in [0.25, 0.3) is 0 Å². The first-order chi connectivity index (χ1) is 17.7. The maximum absolute atomic E-state index is 6.13. The highest BCUT2D eigenvalue weighted by Crippen LogP contribution is 2.23. The van der Waals surface area contributed by atoms with E-state index in [0.29, 0.717) is 26.4 Å². The van der Waals surface area contributed by atoms with Crippen LogP contribution in [0.5, 0.6) is 0 Å². The minimum Gasteiger partial charge on any atom is -0.381 e. The predicted molar refractivity (Wildman–Crippen MR) is 159 cm³/mol. The Morgan fingerprint density at radius 1 is 0.541 bits per heavy atom. The van der Waals surface area contributed by atoms with Crippen molar-refractivity contribution in [3.63, 3.8) is 0 Å². The fraction of sp³-hybridized carbons (Fsp3) is 1.00. The van der Waals surface area contributed by atoms with E-state index in [4.69, 9.17) is 18.9 Å². The first-order valence-electron chi connectivity index (χ1n) is 15.8. The Bertz CT molecular complexity index is 501. The van der Waals surface area contributed by atoms with Gasteiger partial charge in [0.2, 0.25) is 0 Å². The van der Waals surface area contributed by atoms with Crippen molar-refractivity contribution >= 4 is 0 Å². The standard InChI is InChI=1S/C32H68NO4/c1-9-13-14-15-16-17-18-19-20-21-24-33(7,8)25-22-23-26-35-29-32(6,37-12-4)30-36-28-31(5,10-2)27-34-11-3/h9-30H2,1-8H3/q+1. The zero-order valence-corrected chi connectivity index (χ0v) is 26.6. The minimum atomic E-state index is -0.403. The fourth-order valence-corrected chi connectivity index (χ4v) is 4.75. The normalized spacial score (nSPS) is 15.6. The lowest BCUT2D eigenvalue weighted by molar-refractivity contribution is -0.890. The van der Waals surface area contributed by atoms with E-state index >= 15 is 0 Å². The molecule has 0 saturated carbocycles. The molecule has 0 spiro atoms. The number of nitrogens with zero attached hydrogens (tertiary/aromatic N) is 1. The quantitative estimate of drug-likeness (QED) is 0.0757. The van der Waals surface area contributed by atoms with Gasteiger partial charge >= 0.3 is 0 Å². The molecule has 2 atom stereocenters. The van der Waals surface area contributed by atoms with Crippen molar-refractivity contribution in [2.24, 2.45) is 5.41 Å². The molecule has 37 heavy (non-hydrogen) atoms. The molecule has 0 aromatic rings. The Hall–Kier alpha value is -0.200. The van der Waals surface area contributed by atoms with Crippen LogP contribution in [0.4, 0.5) is 0 Å². The smallest absolute Gasteiger partial charge is 0.112 e. The highest BCUT2D eigenvalue weighted by Gasteiger charge is 2.29. The fourth-order valence-electron chi connectivity index (χ4n) is 4.75. The van der Waals surface area contributed by atoms with Crippen LogP contribution >= 0.6 is 0 Å². The van der Waals surface area contributed by atoms with Gasteiger partial charge in [-0.3, -0.25) is 0 Å². The summed E-state index contributed by atoms with van der Waals surface area (Å²) >= 11 is 0. The Morgan fingerprint density at radius 2 is 1.05 bits per heavy atom. The van der Waals surface area contributed by atoms with Gasteiger partial charge in [0.15, 0.2) is 0 Å². The average molecular weight is 531 g/mol. The Kier molecular flexibility index (Phi) is 22.5. The molecule has 0 N–H and O–H groups in total. The van der Waals surface area contributed by atoms with Crippen LogP contribution in [-0.4, -0.2) is 83.5 Å². The van der Waals surface area contributed by atoms with Gasteiger partial charge in [0.05, 0.1) is 53.6 Å². The van der Waals surface area contributed by atoms with E-state index in [0.717, 1.165) is 37.1 Å². The van der Waals surface area contributed by atoms with Gasteiger partial charge in [-0.25, -0.2) is 0 Å². The van der Waals surface area contributed by atoms with Crippen molar-refractivity contribution in [2.45, 2.75) is 131 Å². The molecule has 0 aliphatic rings. The highest BCUT2D eigenvalue weighted by molar-refractivity contribution is 4.77. The minimum absolute atomic E-state index is 0.0446. The van der Waals surface area contributed by atoms with Gasteiger partial charge < -0.3 is 23.4 Å². The predicted octanol–water partition coefficient (Wildman–Crippen LogP) is 8.05. The van der Waals surface area contributed by atoms with E-state index < -0.39 is 5.60 Å². The Balaban J connectivity index is 3.99. The third-order valence-corrected chi connectivity index (χ3v) is 7.69. The second kappa shape index (κ2) is 22.6. The van der Waals surface area contributed by atoms with Crippen molar-refractivity contribution < 1.29 is 23.4 Å². The summed E-state index contributed by atoms with van der Waals surface area (Å²) in [7, 11) is 4.77. The summed E-state index contributed by atoms with van der Waals surface area (Å²) in [5.41, 5.74) is -0.358. The van der Waals surface area contributed by atoms with Crippen LogP contribution in [-0.2, 0) is 18.9 Å². The van der Waals surface area contributed by atoms with Crippen LogP contribution in [0.2, 0.25) is 0 Å². The second-order valence-electron chi connectivity index (χ2n) is 12.5. The third-order valence-electron chi connectivity index (χ3n) is 7.69. The maximum Gasteiger partial charge on any atom is 0.112 e. The summed E-state index contributed by atoms with van der Waals surface area (Å²) in [6.07, 6.45) is 17.4. The van der Waals surface area contributed by atoms with Crippen LogP contribution in [0.1, 0.15) is 125 Å². The molecule has 224 valence electrons. The van der Waals surface area contributed by atoms with Crippen molar-refractivity contribution in [3.05, 3.63) is 0 Å². The summed E-state index contributed by atoms with van der Waals surface area (Å²) in [4.78, 5) is 0. The molecule has 0 bridgehead atoms. The van der Waals surface area contributed by atoms with E-state index in [-0.39, 0.29) is 5.41 Å². The monoisotopic (exact) mass is 531 g/mol.